The second-order valence-corrected chi connectivity index (χ2v) is 30.7. The van der Waals surface area contributed by atoms with Crippen molar-refractivity contribution >= 4 is 77.6 Å². The van der Waals surface area contributed by atoms with Crippen LogP contribution in [0.4, 0.5) is 0 Å². The SMILES string of the molecule is CCC=CCC=CCC=CCCCCCCCC(=O)N1CCCCC1.Cc1cc(/C=C/C(=O)N2CCCC2)ccc1O.Cc1cc(/C=C/C(=O)N2CCCC2=O)ccc1O.Cc1cc(/C=C/C(=O)N2CCCCC2)ccc1O.Cc1cc(/C=C/C(=O)N2CCCCC2=O)ccc1O.Cc1cc(/C=C/C(=O)NCCCc2ccc(O)cc2)ccc1O. The Kier molecular flexibility index (Phi) is 44.5. The lowest BCUT2D eigenvalue weighted by atomic mass is 10.1. The van der Waals surface area contributed by atoms with Crippen LogP contribution >= 0.6 is 0 Å². The maximum Gasteiger partial charge on any atom is 0.253 e. The van der Waals surface area contributed by atoms with Gasteiger partial charge in [0, 0.05) is 109 Å². The van der Waals surface area contributed by atoms with E-state index in [-0.39, 0.29) is 75.8 Å². The first-order chi connectivity index (χ1) is 57.9. The van der Waals surface area contributed by atoms with Crippen LogP contribution in [-0.2, 0) is 44.8 Å². The van der Waals surface area contributed by atoms with E-state index in [4.69, 9.17) is 0 Å². The molecule has 6 aromatic carbocycles. The van der Waals surface area contributed by atoms with Gasteiger partial charge < -0.3 is 50.7 Å². The Hall–Kier alpha value is -11.8. The molecular formula is C100H128N6O14. The average molecular weight is 1640 g/mol. The van der Waals surface area contributed by atoms with Crippen LogP contribution in [0.1, 0.15) is 222 Å². The number of carbonyl (C=O) groups is 8. The summed E-state index contributed by atoms with van der Waals surface area (Å²) in [7, 11) is 0. The number of imide groups is 2. The summed E-state index contributed by atoms with van der Waals surface area (Å²) in [4.78, 5) is 102. The molecule has 20 nitrogen and oxygen atoms in total. The molecule has 120 heavy (non-hydrogen) atoms. The first-order valence-corrected chi connectivity index (χ1v) is 42.8. The molecule has 0 saturated carbocycles. The van der Waals surface area contributed by atoms with Gasteiger partial charge in [-0.05, 0) is 321 Å². The van der Waals surface area contributed by atoms with Crippen molar-refractivity contribution in [3.63, 3.8) is 0 Å². The van der Waals surface area contributed by atoms with E-state index >= 15 is 0 Å². The molecular weight excluding hydrogens is 1510 g/mol. The van der Waals surface area contributed by atoms with Crippen molar-refractivity contribution in [1.29, 1.82) is 0 Å². The summed E-state index contributed by atoms with van der Waals surface area (Å²) >= 11 is 0. The Morgan fingerprint density at radius 3 is 1.11 bits per heavy atom. The van der Waals surface area contributed by atoms with Crippen LogP contribution in [0.3, 0.4) is 0 Å². The van der Waals surface area contributed by atoms with Gasteiger partial charge in [0.05, 0.1) is 0 Å². The van der Waals surface area contributed by atoms with Crippen LogP contribution in [0.25, 0.3) is 30.4 Å². The molecule has 0 atom stereocenters. The Labute approximate surface area is 711 Å². The number of benzene rings is 6. The number of amides is 8. The number of aromatic hydroxyl groups is 6. The number of hydrogen-bond donors (Lipinski definition) is 7. The van der Waals surface area contributed by atoms with E-state index in [1.807, 2.05) is 73.0 Å². The van der Waals surface area contributed by atoms with Crippen molar-refractivity contribution in [1.82, 2.24) is 29.8 Å². The second-order valence-electron chi connectivity index (χ2n) is 30.7. The van der Waals surface area contributed by atoms with Crippen LogP contribution in [0.2, 0.25) is 0 Å². The van der Waals surface area contributed by atoms with Gasteiger partial charge in [0.15, 0.2) is 0 Å². The number of phenols is 6. The van der Waals surface area contributed by atoms with Gasteiger partial charge in [0.2, 0.25) is 35.4 Å². The Bertz CT molecular complexity index is 4510. The minimum atomic E-state index is -0.275. The molecule has 5 aliphatic heterocycles. The largest absolute Gasteiger partial charge is 0.508 e. The van der Waals surface area contributed by atoms with Crippen LogP contribution < -0.4 is 5.32 Å². The fourth-order valence-electron chi connectivity index (χ4n) is 13.5. The molecule has 5 saturated heterocycles. The fraction of sp³-hybridized carbons (Fsp3) is 0.400. The predicted molar refractivity (Wildman–Crippen MR) is 481 cm³/mol. The Morgan fingerprint density at radius 2 is 0.708 bits per heavy atom. The van der Waals surface area contributed by atoms with Crippen molar-refractivity contribution in [3.05, 3.63) is 243 Å². The number of unbranched alkanes of at least 4 members (excludes halogenated alkanes) is 5. The van der Waals surface area contributed by atoms with Gasteiger partial charge in [-0.25, -0.2) is 0 Å². The van der Waals surface area contributed by atoms with Crippen LogP contribution in [0.15, 0.2) is 182 Å². The molecule has 20 heteroatoms. The molecule has 6 aromatic rings. The number of allylic oxidation sites excluding steroid dienone is 6. The zero-order valence-corrected chi connectivity index (χ0v) is 71.4. The lowest BCUT2D eigenvalue weighted by Crippen LogP contribution is -2.39. The van der Waals surface area contributed by atoms with Crippen molar-refractivity contribution < 1.29 is 69.0 Å². The first-order valence-electron chi connectivity index (χ1n) is 42.8. The van der Waals surface area contributed by atoms with Crippen LogP contribution in [0.5, 0.6) is 34.5 Å². The molecule has 5 aliphatic rings. The number of nitrogens with zero attached hydrogens (tertiary/aromatic N) is 5. The third-order valence-corrected chi connectivity index (χ3v) is 20.8. The van der Waals surface area contributed by atoms with E-state index in [0.717, 1.165) is 190 Å². The number of nitrogens with one attached hydrogen (secondary N) is 1. The quantitative estimate of drug-likeness (QED) is 0.0143. The fourth-order valence-corrected chi connectivity index (χ4v) is 13.5. The number of phenolic OH excluding ortho intramolecular Hbond substituents is 6. The lowest BCUT2D eigenvalue weighted by molar-refractivity contribution is -0.144. The third kappa shape index (κ3) is 37.9. The number of hydrogen-bond acceptors (Lipinski definition) is 14. The highest BCUT2D eigenvalue weighted by atomic mass is 16.3. The van der Waals surface area contributed by atoms with Crippen molar-refractivity contribution in [2.75, 3.05) is 58.9 Å². The number of piperidine rings is 3. The zero-order valence-electron chi connectivity index (χ0n) is 71.4. The second kappa shape index (κ2) is 55.0. The minimum absolute atomic E-state index is 0.0771. The Morgan fingerprint density at radius 1 is 0.358 bits per heavy atom. The summed E-state index contributed by atoms with van der Waals surface area (Å²) in [5.74, 6) is 1.21. The van der Waals surface area contributed by atoms with Gasteiger partial charge in [-0.15, -0.1) is 0 Å². The van der Waals surface area contributed by atoms with Crippen molar-refractivity contribution in [3.8, 4) is 34.5 Å². The summed E-state index contributed by atoms with van der Waals surface area (Å²) in [6.45, 7) is 18.4. The van der Waals surface area contributed by atoms with E-state index in [0.29, 0.717) is 38.4 Å². The maximum atomic E-state index is 12.0. The van der Waals surface area contributed by atoms with Crippen LogP contribution in [0, 0.1) is 34.6 Å². The van der Waals surface area contributed by atoms with Gasteiger partial charge in [-0.2, -0.15) is 0 Å². The lowest BCUT2D eigenvalue weighted by Gasteiger charge is -2.26. The molecule has 0 radical (unpaired) electrons. The first kappa shape index (κ1) is 97.0. The molecule has 0 aliphatic carbocycles. The standard InChI is InChI=1S/C23H39NO.C19H21NO3.C15H17NO3.C15H19NO2.C14H15NO3.C14H17NO2/c1-2-3-4-5-6-7-8-9-10-11-12-13-14-15-17-20-23(25)24-21-18-16-19-22-24;1-14-13-16(6-10-18(14)22)7-11-19(23)20-12-2-3-15-4-8-17(21)9-5-15;1-11-10-12(5-7-13(11)17)6-8-15(19)16-9-3-2-4-14(16)18;1-12-11-13(5-7-14(12)17)6-8-15(18)16-9-3-2-4-10-16;1-10-9-11(4-6-12(10)16)5-7-14(18)15-8-2-3-13(15)17;1-11-10-12(4-6-13(11)16)5-7-14(17)15-8-2-3-9-15/h3-4,6-7,9-10H,2,5,8,11-22H2,1H3;4-11,13,21-22H,2-3,12H2,1H3,(H,20,23);5-8,10,17H,2-4,9H2,1H3;5-8,11,17H,2-4,9-10H2,1H3;4-7,9,16H,2-3,8H2,1H3;4-7,10,16H,2-3,8-9H2,1H3/b;11-7+;2*8-6+;2*7-5+. The minimum Gasteiger partial charge on any atom is -0.508 e. The molecule has 642 valence electrons. The molecule has 5 heterocycles. The summed E-state index contributed by atoms with van der Waals surface area (Å²) in [6, 6.07) is 33.1. The predicted octanol–water partition coefficient (Wildman–Crippen LogP) is 18.9. The van der Waals surface area contributed by atoms with Crippen molar-refractivity contribution in [2.45, 2.75) is 202 Å². The number of rotatable bonds is 27. The molecule has 8 amide bonds. The summed E-state index contributed by atoms with van der Waals surface area (Å²) in [5.41, 5.74) is 9.46. The zero-order chi connectivity index (χ0) is 86.8. The summed E-state index contributed by atoms with van der Waals surface area (Å²) in [5, 5.41) is 59.1. The van der Waals surface area contributed by atoms with E-state index in [2.05, 4.69) is 53.6 Å². The number of carbonyl (C=O) groups excluding carboxylic acids is 8. The number of aryl methyl sites for hydroxylation is 6. The number of likely N-dealkylation sites (tertiary alicyclic amines) is 5. The normalized spacial score (nSPS) is 14.9. The molecule has 5 fully saturated rings. The van der Waals surface area contributed by atoms with Gasteiger partial charge in [-0.3, -0.25) is 48.2 Å². The van der Waals surface area contributed by atoms with E-state index < -0.39 is 0 Å². The summed E-state index contributed by atoms with van der Waals surface area (Å²) < 4.78 is 0. The van der Waals surface area contributed by atoms with Gasteiger partial charge in [0.1, 0.15) is 34.5 Å². The van der Waals surface area contributed by atoms with Crippen LogP contribution in [-0.4, -0.2) is 161 Å². The molecule has 0 unspecified atom stereocenters. The molecule has 0 bridgehead atoms. The third-order valence-electron chi connectivity index (χ3n) is 20.8. The maximum absolute atomic E-state index is 12.0. The van der Waals surface area contributed by atoms with E-state index in [9.17, 15) is 69.0 Å². The summed E-state index contributed by atoms with van der Waals surface area (Å²) in [6.07, 6.45) is 55.4. The molecule has 11 rings (SSSR count). The monoisotopic (exact) mass is 1640 g/mol. The highest BCUT2D eigenvalue weighted by Crippen LogP contribution is 2.25. The smallest absolute Gasteiger partial charge is 0.253 e. The molecule has 0 aromatic heterocycles. The highest BCUT2D eigenvalue weighted by Gasteiger charge is 2.25. The average Bonchev–Trinajstić information content (AvgIpc) is 1.06. The van der Waals surface area contributed by atoms with Gasteiger partial charge in [-0.1, -0.05) is 105 Å². The topological polar surface area (TPSA) is 286 Å². The Balaban J connectivity index is 0.000000224. The highest BCUT2D eigenvalue weighted by molar-refractivity contribution is 6.04. The molecule has 7 N–H and O–H groups in total. The van der Waals surface area contributed by atoms with Gasteiger partial charge in [0.25, 0.3) is 11.8 Å². The van der Waals surface area contributed by atoms with Crippen molar-refractivity contribution in [2.24, 2.45) is 0 Å². The van der Waals surface area contributed by atoms with E-state index in [1.165, 1.54) is 85.8 Å². The van der Waals surface area contributed by atoms with E-state index in [1.54, 1.807) is 129 Å². The van der Waals surface area contributed by atoms with Gasteiger partial charge >= 0.3 is 0 Å². The molecule has 0 spiro atoms.